The molecular weight excluding hydrogens is 322 g/mol. The Morgan fingerprint density at radius 3 is 2.53 bits per heavy atom. The van der Waals surface area contributed by atoms with Gasteiger partial charge in [0.2, 0.25) is 0 Å². The first-order valence-corrected chi connectivity index (χ1v) is 7.54. The van der Waals surface area contributed by atoms with E-state index in [1.807, 2.05) is 18.2 Å². The summed E-state index contributed by atoms with van der Waals surface area (Å²) in [6.45, 7) is 5.08. The van der Waals surface area contributed by atoms with E-state index in [4.69, 9.17) is 11.6 Å². The fraction of sp³-hybridized carbons (Fsp3) is 0.250. The molecule has 3 heteroatoms. The van der Waals surface area contributed by atoms with Gasteiger partial charge in [0.05, 0.1) is 6.04 Å². The first-order chi connectivity index (χ1) is 9.13. The van der Waals surface area contributed by atoms with Gasteiger partial charge in [-0.2, -0.15) is 0 Å². The van der Waals surface area contributed by atoms with Crippen LogP contribution in [0.2, 0.25) is 5.02 Å². The van der Waals surface area contributed by atoms with Crippen LogP contribution in [0.4, 0.5) is 0 Å². The van der Waals surface area contributed by atoms with E-state index in [1.54, 1.807) is 0 Å². The molecule has 1 nitrogen and oxygen atoms in total. The number of nitrogens with one attached hydrogen (secondary N) is 1. The molecule has 0 aliphatic carbocycles. The summed E-state index contributed by atoms with van der Waals surface area (Å²) >= 11 is 9.99. The van der Waals surface area contributed by atoms with E-state index in [1.165, 1.54) is 11.1 Å². The van der Waals surface area contributed by atoms with Gasteiger partial charge in [-0.05, 0) is 42.3 Å². The second-order valence-corrected chi connectivity index (χ2v) is 5.80. The summed E-state index contributed by atoms with van der Waals surface area (Å²) in [6, 6.07) is 14.5. The minimum atomic E-state index is 0.105. The van der Waals surface area contributed by atoms with Crippen molar-refractivity contribution in [1.82, 2.24) is 5.32 Å². The van der Waals surface area contributed by atoms with Crippen molar-refractivity contribution >= 4 is 27.5 Å². The average Bonchev–Trinajstić information content (AvgIpc) is 2.38. The van der Waals surface area contributed by atoms with Crippen molar-refractivity contribution in [1.29, 1.82) is 0 Å². The molecule has 1 unspecified atom stereocenters. The van der Waals surface area contributed by atoms with Crippen molar-refractivity contribution in [2.24, 2.45) is 0 Å². The molecule has 2 aromatic carbocycles. The van der Waals surface area contributed by atoms with Crippen LogP contribution in [0.5, 0.6) is 0 Å². The van der Waals surface area contributed by atoms with Crippen LogP contribution < -0.4 is 5.32 Å². The third kappa shape index (κ3) is 3.38. The molecule has 1 N–H and O–H groups in total. The minimum Gasteiger partial charge on any atom is -0.306 e. The highest BCUT2D eigenvalue weighted by Crippen LogP contribution is 2.32. The summed E-state index contributed by atoms with van der Waals surface area (Å²) in [4.78, 5) is 0. The lowest BCUT2D eigenvalue weighted by Gasteiger charge is -2.21. The second-order valence-electron chi connectivity index (χ2n) is 4.54. The molecule has 0 aliphatic heterocycles. The van der Waals surface area contributed by atoms with Crippen molar-refractivity contribution in [3.8, 4) is 0 Å². The van der Waals surface area contributed by atoms with Crippen molar-refractivity contribution in [3.63, 3.8) is 0 Å². The lowest BCUT2D eigenvalue weighted by atomic mass is 9.97. The first-order valence-electron chi connectivity index (χ1n) is 6.37. The maximum atomic E-state index is 6.33. The molecule has 1 atom stereocenters. The van der Waals surface area contributed by atoms with E-state index in [9.17, 15) is 0 Å². The Hall–Kier alpha value is -0.830. The SMILES string of the molecule is CCNC(c1ccccc1Cl)c1ccc(C)cc1Br. The summed E-state index contributed by atoms with van der Waals surface area (Å²) < 4.78 is 1.11. The third-order valence-electron chi connectivity index (χ3n) is 3.09. The highest BCUT2D eigenvalue weighted by Gasteiger charge is 2.17. The summed E-state index contributed by atoms with van der Waals surface area (Å²) in [6.07, 6.45) is 0. The Morgan fingerprint density at radius 2 is 1.89 bits per heavy atom. The number of rotatable bonds is 4. The average molecular weight is 339 g/mol. The number of hydrogen-bond acceptors (Lipinski definition) is 1. The maximum Gasteiger partial charge on any atom is 0.0602 e. The molecule has 0 bridgehead atoms. The van der Waals surface area contributed by atoms with Gasteiger partial charge < -0.3 is 5.32 Å². The van der Waals surface area contributed by atoms with Gasteiger partial charge in [0, 0.05) is 9.50 Å². The zero-order valence-corrected chi connectivity index (χ0v) is 13.4. The Bertz CT molecular complexity index is 568. The normalized spacial score (nSPS) is 12.4. The van der Waals surface area contributed by atoms with Crippen LogP contribution >= 0.6 is 27.5 Å². The van der Waals surface area contributed by atoms with E-state index >= 15 is 0 Å². The molecule has 0 spiro atoms. The number of hydrogen-bond donors (Lipinski definition) is 1. The zero-order chi connectivity index (χ0) is 13.8. The molecule has 0 amide bonds. The molecule has 0 heterocycles. The molecular formula is C16H17BrClN. The highest BCUT2D eigenvalue weighted by atomic mass is 79.9. The summed E-state index contributed by atoms with van der Waals surface area (Å²) in [5, 5.41) is 4.29. The monoisotopic (exact) mass is 337 g/mol. The lowest BCUT2D eigenvalue weighted by molar-refractivity contribution is 0.628. The van der Waals surface area contributed by atoms with Crippen molar-refractivity contribution in [2.45, 2.75) is 19.9 Å². The largest absolute Gasteiger partial charge is 0.306 e. The van der Waals surface area contributed by atoms with Crippen LogP contribution in [0.25, 0.3) is 0 Å². The number of aryl methyl sites for hydroxylation is 1. The minimum absolute atomic E-state index is 0.105. The zero-order valence-electron chi connectivity index (χ0n) is 11.1. The van der Waals surface area contributed by atoms with Crippen molar-refractivity contribution < 1.29 is 0 Å². The van der Waals surface area contributed by atoms with Gasteiger partial charge >= 0.3 is 0 Å². The van der Waals surface area contributed by atoms with E-state index in [0.29, 0.717) is 0 Å². The van der Waals surface area contributed by atoms with Gasteiger partial charge in [0.15, 0.2) is 0 Å². The van der Waals surface area contributed by atoms with Crippen LogP contribution in [0.3, 0.4) is 0 Å². The van der Waals surface area contributed by atoms with Gasteiger partial charge in [-0.1, -0.05) is 64.8 Å². The molecule has 19 heavy (non-hydrogen) atoms. The van der Waals surface area contributed by atoms with Crippen LogP contribution in [0.15, 0.2) is 46.9 Å². The second kappa shape index (κ2) is 6.56. The van der Waals surface area contributed by atoms with Crippen molar-refractivity contribution in [2.75, 3.05) is 6.54 Å². The third-order valence-corrected chi connectivity index (χ3v) is 4.12. The van der Waals surface area contributed by atoms with Gasteiger partial charge in [-0.3, -0.25) is 0 Å². The van der Waals surface area contributed by atoms with Crippen LogP contribution in [-0.2, 0) is 0 Å². The predicted octanol–water partition coefficient (Wildman–Crippen LogP) is 5.11. The smallest absolute Gasteiger partial charge is 0.0602 e. The van der Waals surface area contributed by atoms with Crippen LogP contribution in [-0.4, -0.2) is 6.54 Å². The standard InChI is InChI=1S/C16H17BrClN/c1-3-19-16(13-6-4-5-7-15(13)18)12-9-8-11(2)10-14(12)17/h4-10,16,19H,3H2,1-2H3. The summed E-state index contributed by atoms with van der Waals surface area (Å²) in [5.74, 6) is 0. The first kappa shape index (κ1) is 14.6. The molecule has 0 radical (unpaired) electrons. The maximum absolute atomic E-state index is 6.33. The Labute approximate surface area is 128 Å². The van der Waals surface area contributed by atoms with Gasteiger partial charge in [-0.15, -0.1) is 0 Å². The quantitative estimate of drug-likeness (QED) is 0.817. The van der Waals surface area contributed by atoms with E-state index in [-0.39, 0.29) is 6.04 Å². The molecule has 0 saturated heterocycles. The molecule has 2 rings (SSSR count). The van der Waals surface area contributed by atoms with E-state index in [2.05, 4.69) is 59.4 Å². The Balaban J connectivity index is 2.48. The fourth-order valence-corrected chi connectivity index (χ4v) is 3.13. The molecule has 0 aliphatic rings. The van der Waals surface area contributed by atoms with Crippen molar-refractivity contribution in [3.05, 3.63) is 68.7 Å². The van der Waals surface area contributed by atoms with E-state index in [0.717, 1.165) is 21.6 Å². The summed E-state index contributed by atoms with van der Waals surface area (Å²) in [7, 11) is 0. The van der Waals surface area contributed by atoms with Gasteiger partial charge in [0.1, 0.15) is 0 Å². The molecule has 2 aromatic rings. The molecule has 0 saturated carbocycles. The number of benzene rings is 2. The van der Waals surface area contributed by atoms with Crippen LogP contribution in [0.1, 0.15) is 29.7 Å². The molecule has 0 aromatic heterocycles. The van der Waals surface area contributed by atoms with Gasteiger partial charge in [-0.25, -0.2) is 0 Å². The van der Waals surface area contributed by atoms with Crippen LogP contribution in [0, 0.1) is 6.92 Å². The number of halogens is 2. The Kier molecular flexibility index (Phi) is 5.03. The molecule has 100 valence electrons. The molecule has 0 fully saturated rings. The Morgan fingerprint density at radius 1 is 1.16 bits per heavy atom. The highest BCUT2D eigenvalue weighted by molar-refractivity contribution is 9.10. The fourth-order valence-electron chi connectivity index (χ4n) is 2.17. The van der Waals surface area contributed by atoms with Gasteiger partial charge in [0.25, 0.3) is 0 Å². The van der Waals surface area contributed by atoms with E-state index < -0.39 is 0 Å². The topological polar surface area (TPSA) is 12.0 Å². The lowest BCUT2D eigenvalue weighted by Crippen LogP contribution is -2.22. The summed E-state index contributed by atoms with van der Waals surface area (Å²) in [5.41, 5.74) is 3.56. The predicted molar refractivity (Wildman–Crippen MR) is 85.9 cm³/mol.